The quantitative estimate of drug-likeness (QED) is 0.273. The van der Waals surface area contributed by atoms with Crippen molar-refractivity contribution in [3.63, 3.8) is 0 Å². The van der Waals surface area contributed by atoms with Gasteiger partial charge < -0.3 is 16.2 Å². The summed E-state index contributed by atoms with van der Waals surface area (Å²) >= 11 is 3.79. The molecule has 7 heteroatoms. The lowest BCUT2D eigenvalue weighted by Gasteiger charge is -2.10. The normalized spacial score (nSPS) is 12.1. The van der Waals surface area contributed by atoms with Gasteiger partial charge in [0.1, 0.15) is 6.04 Å². The highest BCUT2D eigenvalue weighted by atomic mass is 32.1. The van der Waals surface area contributed by atoms with Gasteiger partial charge in [0.15, 0.2) is 0 Å². The smallest absolute Gasteiger partial charge is 0.321 e. The highest BCUT2D eigenvalue weighted by molar-refractivity contribution is 7.80. The Hall–Kier alpha value is -0.950. The van der Waals surface area contributed by atoms with Crippen LogP contribution in [0.15, 0.2) is 0 Å². The summed E-state index contributed by atoms with van der Waals surface area (Å²) < 4.78 is 0. The van der Waals surface area contributed by atoms with E-state index in [1.54, 1.807) is 0 Å². The Morgan fingerprint density at radius 3 is 2.50 bits per heavy atom. The number of nitrogens with two attached hydrogens (primary N) is 1. The molecule has 0 unspecified atom stereocenters. The number of carbonyl (C=O) groups excluding carboxylic acids is 1. The van der Waals surface area contributed by atoms with Crippen molar-refractivity contribution in [1.29, 1.82) is 0 Å². The van der Waals surface area contributed by atoms with Crippen molar-refractivity contribution in [2.45, 2.75) is 6.04 Å². The number of amides is 2. The maximum Gasteiger partial charge on any atom is 0.321 e. The second-order valence-electron chi connectivity index (χ2n) is 2.00. The van der Waals surface area contributed by atoms with E-state index >= 15 is 0 Å². The Morgan fingerprint density at radius 2 is 2.17 bits per heavy atom. The first kappa shape index (κ1) is 11.1. The average molecular weight is 193 g/mol. The van der Waals surface area contributed by atoms with Crippen LogP contribution in [-0.2, 0) is 4.79 Å². The van der Waals surface area contributed by atoms with E-state index in [-0.39, 0.29) is 12.4 Å². The third-order valence-corrected chi connectivity index (χ3v) is 1.46. The van der Waals surface area contributed by atoms with Crippen LogP contribution in [-0.4, -0.2) is 35.6 Å². The molecule has 1 atom stereocenters. The van der Waals surface area contributed by atoms with Crippen LogP contribution in [0.2, 0.25) is 0 Å². The van der Waals surface area contributed by atoms with E-state index in [0.29, 0.717) is 0 Å². The molecule has 0 heterocycles. The third-order valence-electron chi connectivity index (χ3n) is 1.09. The molecule has 0 saturated heterocycles. The van der Waals surface area contributed by atoms with Gasteiger partial charge in [-0.15, -0.1) is 0 Å². The summed E-state index contributed by atoms with van der Waals surface area (Å²) in [5.41, 5.74) is 4.74. The molecule has 0 spiro atoms. The maximum atomic E-state index is 10.4. The minimum atomic E-state index is -1.02. The van der Waals surface area contributed by atoms with Crippen LogP contribution in [0, 0.1) is 0 Å². The Morgan fingerprint density at radius 1 is 1.58 bits per heavy atom. The van der Waals surface area contributed by atoms with Crippen molar-refractivity contribution in [3.8, 4) is 0 Å². The first-order chi connectivity index (χ1) is 5.57. The van der Waals surface area contributed by atoms with Crippen LogP contribution >= 0.6 is 12.6 Å². The molecule has 0 aromatic heterocycles. The van der Waals surface area contributed by atoms with Gasteiger partial charge in [0.25, 0.3) is 0 Å². The van der Waals surface area contributed by atoms with Crippen molar-refractivity contribution in [3.05, 3.63) is 0 Å². The number of primary amides is 1. The zero-order valence-electron chi connectivity index (χ0n) is 6.28. The summed E-state index contributed by atoms with van der Waals surface area (Å²) in [5, 5.41) is 13.2. The van der Waals surface area contributed by atoms with E-state index in [1.807, 2.05) is 0 Å². The van der Waals surface area contributed by atoms with Gasteiger partial charge in [-0.05, 0) is 0 Å². The molecule has 0 fully saturated rings. The molecule has 0 rings (SSSR count). The number of hydrogen-bond donors (Lipinski definition) is 5. The van der Waals surface area contributed by atoms with Gasteiger partial charge in [0, 0.05) is 5.75 Å². The standard InChI is InChI=1S/C5H11N3O3S/c6-5(11)8-2-7-3(1-12)4(9)10/h3,7,12H,1-2H2,(H,9,10)(H3,6,8,11)/t3-/m0/s1. The fraction of sp³-hybridized carbons (Fsp3) is 0.600. The van der Waals surface area contributed by atoms with Crippen molar-refractivity contribution >= 4 is 24.6 Å². The first-order valence-electron chi connectivity index (χ1n) is 3.18. The van der Waals surface area contributed by atoms with Crippen LogP contribution in [0.25, 0.3) is 0 Å². The topological polar surface area (TPSA) is 104 Å². The summed E-state index contributed by atoms with van der Waals surface area (Å²) in [6.45, 7) is 0.0207. The number of thiol groups is 1. The molecule has 0 bridgehead atoms. The minimum Gasteiger partial charge on any atom is -0.480 e. The minimum absolute atomic E-state index is 0.0207. The summed E-state index contributed by atoms with van der Waals surface area (Å²) in [4.78, 5) is 20.5. The fourth-order valence-corrected chi connectivity index (χ4v) is 0.777. The fourth-order valence-electron chi connectivity index (χ4n) is 0.491. The predicted octanol–water partition coefficient (Wildman–Crippen LogP) is -1.42. The van der Waals surface area contributed by atoms with Gasteiger partial charge >= 0.3 is 12.0 Å². The molecule has 0 aliphatic carbocycles. The lowest BCUT2D eigenvalue weighted by Crippen LogP contribution is -2.46. The van der Waals surface area contributed by atoms with Gasteiger partial charge in [-0.1, -0.05) is 0 Å². The molecule has 5 N–H and O–H groups in total. The van der Waals surface area contributed by atoms with Gasteiger partial charge in [-0.25, -0.2) is 4.79 Å². The van der Waals surface area contributed by atoms with Gasteiger partial charge in [0.2, 0.25) is 0 Å². The van der Waals surface area contributed by atoms with E-state index in [0.717, 1.165) is 0 Å². The van der Waals surface area contributed by atoms with Gasteiger partial charge in [-0.2, -0.15) is 12.6 Å². The second kappa shape index (κ2) is 5.67. The summed E-state index contributed by atoms with van der Waals surface area (Å²) in [7, 11) is 0. The Kier molecular flexibility index (Phi) is 5.22. The average Bonchev–Trinajstić information content (AvgIpc) is 1.96. The zero-order chi connectivity index (χ0) is 9.56. The monoisotopic (exact) mass is 193 g/mol. The van der Waals surface area contributed by atoms with E-state index in [2.05, 4.69) is 23.3 Å². The Balaban J connectivity index is 3.59. The molecule has 12 heavy (non-hydrogen) atoms. The number of rotatable bonds is 5. The molecular weight excluding hydrogens is 182 g/mol. The largest absolute Gasteiger partial charge is 0.480 e. The van der Waals surface area contributed by atoms with Gasteiger partial charge in [0.05, 0.1) is 6.67 Å². The number of carboxylic acid groups (broad SMARTS) is 1. The summed E-state index contributed by atoms with van der Waals surface area (Å²) in [5.74, 6) is -0.869. The number of urea groups is 1. The van der Waals surface area contributed by atoms with Crippen LogP contribution in [0.1, 0.15) is 0 Å². The van der Waals surface area contributed by atoms with Gasteiger partial charge in [-0.3, -0.25) is 10.1 Å². The number of nitrogens with one attached hydrogen (secondary N) is 2. The molecule has 0 aliphatic heterocycles. The first-order valence-corrected chi connectivity index (χ1v) is 3.81. The molecular formula is C5H11N3O3S. The van der Waals surface area contributed by atoms with Crippen molar-refractivity contribution in [2.75, 3.05) is 12.4 Å². The highest BCUT2D eigenvalue weighted by Crippen LogP contribution is 1.85. The lowest BCUT2D eigenvalue weighted by atomic mass is 10.3. The van der Waals surface area contributed by atoms with E-state index in [9.17, 15) is 9.59 Å². The number of hydrogen-bond acceptors (Lipinski definition) is 4. The van der Waals surface area contributed by atoms with E-state index in [1.165, 1.54) is 0 Å². The van der Waals surface area contributed by atoms with Crippen molar-refractivity contribution in [1.82, 2.24) is 10.6 Å². The molecule has 0 saturated carbocycles. The zero-order valence-corrected chi connectivity index (χ0v) is 7.17. The number of carbonyl (C=O) groups is 2. The molecule has 0 radical (unpaired) electrons. The van der Waals surface area contributed by atoms with Crippen molar-refractivity contribution in [2.24, 2.45) is 5.73 Å². The van der Waals surface area contributed by atoms with E-state index < -0.39 is 18.0 Å². The summed E-state index contributed by atoms with van der Waals surface area (Å²) in [6, 6.07) is -1.48. The molecule has 6 nitrogen and oxygen atoms in total. The number of carboxylic acids is 1. The summed E-state index contributed by atoms with van der Waals surface area (Å²) in [6.07, 6.45) is 0. The lowest BCUT2D eigenvalue weighted by molar-refractivity contribution is -0.138. The maximum absolute atomic E-state index is 10.4. The Labute approximate surface area is 74.9 Å². The Bertz CT molecular complexity index is 175. The molecule has 0 aromatic carbocycles. The van der Waals surface area contributed by atoms with E-state index in [4.69, 9.17) is 10.8 Å². The second-order valence-corrected chi connectivity index (χ2v) is 2.36. The van der Waals surface area contributed by atoms with Crippen LogP contribution in [0.5, 0.6) is 0 Å². The van der Waals surface area contributed by atoms with Crippen molar-refractivity contribution < 1.29 is 14.7 Å². The van der Waals surface area contributed by atoms with Crippen LogP contribution in [0.4, 0.5) is 4.79 Å². The van der Waals surface area contributed by atoms with Crippen LogP contribution in [0.3, 0.4) is 0 Å². The molecule has 0 aliphatic rings. The SMILES string of the molecule is NC(=O)NCN[C@@H](CS)C(=O)O. The number of aliphatic carboxylic acids is 1. The third kappa shape index (κ3) is 4.80. The molecule has 70 valence electrons. The predicted molar refractivity (Wildman–Crippen MR) is 46.0 cm³/mol. The molecule has 2 amide bonds. The molecule has 0 aromatic rings. The highest BCUT2D eigenvalue weighted by Gasteiger charge is 2.13. The van der Waals surface area contributed by atoms with Crippen LogP contribution < -0.4 is 16.4 Å².